The molecule has 6 heteroatoms. The van der Waals surface area contributed by atoms with Crippen molar-refractivity contribution < 1.29 is 9.53 Å². The van der Waals surface area contributed by atoms with E-state index in [-0.39, 0.29) is 11.7 Å². The second-order valence-corrected chi connectivity index (χ2v) is 4.47. The molecule has 1 aromatic carbocycles. The van der Waals surface area contributed by atoms with Crippen molar-refractivity contribution in [3.63, 3.8) is 0 Å². The number of halogens is 1. The molecule has 2 aromatic rings. The van der Waals surface area contributed by atoms with Crippen molar-refractivity contribution in [2.45, 2.75) is 5.16 Å². The zero-order chi connectivity index (χ0) is 11.5. The molecule has 4 nitrogen and oxygen atoms in total. The first kappa shape index (κ1) is 11.3. The van der Waals surface area contributed by atoms with Gasteiger partial charge in [-0.3, -0.25) is 4.79 Å². The lowest BCUT2D eigenvalue weighted by molar-refractivity contribution is -0.137. The molecule has 0 fully saturated rings. The Morgan fingerprint density at radius 1 is 1.62 bits per heavy atom. The molecule has 0 saturated carbocycles. The lowest BCUT2D eigenvalue weighted by Gasteiger charge is -1.95. The predicted octanol–water partition coefficient (Wildman–Crippen LogP) is 2.48. The summed E-state index contributed by atoms with van der Waals surface area (Å²) in [5, 5.41) is 1.34. The molecule has 16 heavy (non-hydrogen) atoms. The first-order valence-electron chi connectivity index (χ1n) is 4.54. The maximum absolute atomic E-state index is 10.9. The molecule has 84 valence electrons. The fraction of sp³-hybridized carbons (Fsp3) is 0.200. The van der Waals surface area contributed by atoms with Crippen LogP contribution in [0.2, 0.25) is 5.02 Å². The van der Waals surface area contributed by atoms with E-state index in [1.165, 1.54) is 18.9 Å². The van der Waals surface area contributed by atoms with Gasteiger partial charge in [-0.05, 0) is 18.2 Å². The molecule has 1 N–H and O–H groups in total. The molecule has 1 heterocycles. The van der Waals surface area contributed by atoms with Gasteiger partial charge in [0.2, 0.25) is 0 Å². The molecule has 1 aromatic heterocycles. The number of aromatic amines is 1. The van der Waals surface area contributed by atoms with Crippen LogP contribution < -0.4 is 0 Å². The summed E-state index contributed by atoms with van der Waals surface area (Å²) in [6.07, 6.45) is 0. The number of hydrogen-bond donors (Lipinski definition) is 1. The largest absolute Gasteiger partial charge is 0.468 e. The molecule has 0 aliphatic rings. The van der Waals surface area contributed by atoms with E-state index in [1.807, 2.05) is 6.07 Å². The predicted molar refractivity (Wildman–Crippen MR) is 63.8 cm³/mol. The molecule has 0 radical (unpaired) electrons. The summed E-state index contributed by atoms with van der Waals surface area (Å²) in [7, 11) is 1.36. The third-order valence-electron chi connectivity index (χ3n) is 1.98. The number of nitrogens with one attached hydrogen (secondary N) is 1. The fourth-order valence-corrected chi connectivity index (χ4v) is 2.10. The van der Waals surface area contributed by atoms with E-state index in [0.29, 0.717) is 10.2 Å². The van der Waals surface area contributed by atoms with Gasteiger partial charge in [0.1, 0.15) is 0 Å². The van der Waals surface area contributed by atoms with Crippen molar-refractivity contribution in [3.8, 4) is 0 Å². The highest BCUT2D eigenvalue weighted by Gasteiger charge is 2.06. The molecule has 0 unspecified atom stereocenters. The summed E-state index contributed by atoms with van der Waals surface area (Å²) in [5.74, 6) is -0.0344. The van der Waals surface area contributed by atoms with Gasteiger partial charge >= 0.3 is 5.97 Å². The second-order valence-electron chi connectivity index (χ2n) is 3.07. The molecule has 0 aliphatic carbocycles. The van der Waals surface area contributed by atoms with E-state index in [4.69, 9.17) is 11.6 Å². The van der Waals surface area contributed by atoms with Crippen LogP contribution in [-0.2, 0) is 9.53 Å². The van der Waals surface area contributed by atoms with Crippen LogP contribution in [0.1, 0.15) is 0 Å². The number of carbonyl (C=O) groups is 1. The maximum Gasteiger partial charge on any atom is 0.316 e. The van der Waals surface area contributed by atoms with E-state index in [2.05, 4.69) is 14.7 Å². The lowest BCUT2D eigenvalue weighted by atomic mass is 10.3. The van der Waals surface area contributed by atoms with E-state index in [0.717, 1.165) is 11.0 Å². The highest BCUT2D eigenvalue weighted by atomic mass is 35.5. The average Bonchev–Trinajstić information content (AvgIpc) is 2.67. The van der Waals surface area contributed by atoms with Crippen LogP contribution in [0.25, 0.3) is 11.0 Å². The topological polar surface area (TPSA) is 55.0 Å². The Morgan fingerprint density at radius 2 is 2.44 bits per heavy atom. The summed E-state index contributed by atoms with van der Waals surface area (Å²) >= 11 is 7.15. The van der Waals surface area contributed by atoms with Crippen molar-refractivity contribution in [2.75, 3.05) is 12.9 Å². The molecular weight excluding hydrogens is 248 g/mol. The Hall–Kier alpha value is -1.20. The Balaban J connectivity index is 2.16. The van der Waals surface area contributed by atoms with Crippen LogP contribution in [0.4, 0.5) is 0 Å². The van der Waals surface area contributed by atoms with Crippen molar-refractivity contribution in [1.29, 1.82) is 0 Å². The number of carbonyl (C=O) groups excluding carboxylic acids is 1. The van der Waals surface area contributed by atoms with E-state index in [1.54, 1.807) is 12.1 Å². The first-order chi connectivity index (χ1) is 7.69. The second kappa shape index (κ2) is 4.76. The van der Waals surface area contributed by atoms with Gasteiger partial charge in [0.15, 0.2) is 5.16 Å². The van der Waals surface area contributed by atoms with Crippen molar-refractivity contribution in [1.82, 2.24) is 9.97 Å². The molecule has 2 rings (SSSR count). The summed E-state index contributed by atoms with van der Waals surface area (Å²) in [6.45, 7) is 0. The average molecular weight is 257 g/mol. The van der Waals surface area contributed by atoms with Gasteiger partial charge in [0, 0.05) is 5.02 Å². The van der Waals surface area contributed by atoms with Crippen molar-refractivity contribution in [3.05, 3.63) is 23.2 Å². The summed E-state index contributed by atoms with van der Waals surface area (Å²) < 4.78 is 4.54. The number of hydrogen-bond acceptors (Lipinski definition) is 4. The Bertz CT molecular complexity index is 527. The van der Waals surface area contributed by atoms with Crippen LogP contribution in [0.5, 0.6) is 0 Å². The summed E-state index contributed by atoms with van der Waals surface area (Å²) in [6, 6.07) is 5.40. The van der Waals surface area contributed by atoms with Crippen LogP contribution >= 0.6 is 23.4 Å². The van der Waals surface area contributed by atoms with Gasteiger partial charge in [0.05, 0.1) is 23.9 Å². The fourth-order valence-electron chi connectivity index (χ4n) is 1.21. The van der Waals surface area contributed by atoms with Gasteiger partial charge in [-0.25, -0.2) is 4.98 Å². The van der Waals surface area contributed by atoms with Crippen molar-refractivity contribution >= 4 is 40.4 Å². The van der Waals surface area contributed by atoms with E-state index < -0.39 is 0 Å². The zero-order valence-electron chi connectivity index (χ0n) is 8.49. The quantitative estimate of drug-likeness (QED) is 0.677. The van der Waals surface area contributed by atoms with Gasteiger partial charge in [-0.1, -0.05) is 23.4 Å². The number of H-pyrrole nitrogens is 1. The lowest BCUT2D eigenvalue weighted by Crippen LogP contribution is -2.02. The minimum Gasteiger partial charge on any atom is -0.468 e. The van der Waals surface area contributed by atoms with Crippen LogP contribution in [0.15, 0.2) is 23.4 Å². The maximum atomic E-state index is 10.9. The Labute approximate surface area is 101 Å². The highest BCUT2D eigenvalue weighted by molar-refractivity contribution is 7.99. The molecule has 0 bridgehead atoms. The molecule has 0 aliphatic heterocycles. The minimum absolute atomic E-state index is 0.240. The number of imidazole rings is 1. The van der Waals surface area contributed by atoms with Gasteiger partial charge in [0.25, 0.3) is 0 Å². The van der Waals surface area contributed by atoms with E-state index >= 15 is 0 Å². The molecule has 0 saturated heterocycles. The summed E-state index contributed by atoms with van der Waals surface area (Å²) in [4.78, 5) is 18.3. The number of methoxy groups -OCH3 is 1. The highest BCUT2D eigenvalue weighted by Crippen LogP contribution is 2.22. The van der Waals surface area contributed by atoms with E-state index in [9.17, 15) is 4.79 Å². The third kappa shape index (κ3) is 2.48. The number of thioether (sulfide) groups is 1. The Morgan fingerprint density at radius 3 is 3.19 bits per heavy atom. The number of benzene rings is 1. The molecule has 0 atom stereocenters. The monoisotopic (exact) mass is 256 g/mol. The van der Waals surface area contributed by atoms with Crippen LogP contribution in [0, 0.1) is 0 Å². The third-order valence-corrected chi connectivity index (χ3v) is 3.06. The molecule has 0 amide bonds. The number of ether oxygens (including phenoxy) is 1. The Kier molecular flexibility index (Phi) is 3.36. The number of rotatable bonds is 3. The summed E-state index contributed by atoms with van der Waals surface area (Å²) in [5.41, 5.74) is 1.69. The number of esters is 1. The number of nitrogens with zero attached hydrogens (tertiary/aromatic N) is 1. The number of fused-ring (bicyclic) bond motifs is 1. The standard InChI is InChI=1S/C10H9ClN2O2S/c1-15-9(14)5-16-10-12-7-3-2-6(11)4-8(7)13-10/h2-4H,5H2,1H3,(H,12,13). The minimum atomic E-state index is -0.275. The van der Waals surface area contributed by atoms with Crippen LogP contribution in [-0.4, -0.2) is 28.8 Å². The van der Waals surface area contributed by atoms with Crippen LogP contribution in [0.3, 0.4) is 0 Å². The van der Waals surface area contributed by atoms with Gasteiger partial charge in [-0.15, -0.1) is 0 Å². The molecular formula is C10H9ClN2O2S. The smallest absolute Gasteiger partial charge is 0.316 e. The van der Waals surface area contributed by atoms with Gasteiger partial charge < -0.3 is 9.72 Å². The molecule has 0 spiro atoms. The normalized spacial score (nSPS) is 10.6. The number of aromatic nitrogens is 2. The SMILES string of the molecule is COC(=O)CSc1nc2ccc(Cl)cc2[nH]1. The first-order valence-corrected chi connectivity index (χ1v) is 5.90. The van der Waals surface area contributed by atoms with Gasteiger partial charge in [-0.2, -0.15) is 0 Å². The van der Waals surface area contributed by atoms with Crippen molar-refractivity contribution in [2.24, 2.45) is 0 Å². The zero-order valence-corrected chi connectivity index (χ0v) is 10.1.